The fourth-order valence-electron chi connectivity index (χ4n) is 6.36. The van der Waals surface area contributed by atoms with E-state index in [2.05, 4.69) is 103 Å². The van der Waals surface area contributed by atoms with E-state index < -0.39 is 0 Å². The van der Waals surface area contributed by atoms with Gasteiger partial charge in [0.05, 0.1) is 0 Å². The van der Waals surface area contributed by atoms with Crippen LogP contribution in [-0.2, 0) is 6.42 Å². The lowest BCUT2D eigenvalue weighted by molar-refractivity contribution is 0.673. The van der Waals surface area contributed by atoms with E-state index in [0.29, 0.717) is 0 Å². The van der Waals surface area contributed by atoms with Crippen LogP contribution in [0.2, 0.25) is 0 Å². The molecule has 1 aliphatic rings. The molecule has 1 nitrogen and oxygen atoms in total. The molecule has 0 unspecified atom stereocenters. The van der Waals surface area contributed by atoms with Gasteiger partial charge in [-0.15, -0.1) is 11.3 Å². The molecule has 0 spiro atoms. The minimum Gasteiger partial charge on any atom is -0.455 e. The predicted molar refractivity (Wildman–Crippen MR) is 158 cm³/mol. The van der Waals surface area contributed by atoms with Crippen molar-refractivity contribution in [1.82, 2.24) is 0 Å². The van der Waals surface area contributed by atoms with Gasteiger partial charge in [-0.3, -0.25) is 0 Å². The topological polar surface area (TPSA) is 13.1 Å². The van der Waals surface area contributed by atoms with Gasteiger partial charge < -0.3 is 4.42 Å². The van der Waals surface area contributed by atoms with Gasteiger partial charge in [0.15, 0.2) is 0 Å². The van der Waals surface area contributed by atoms with Gasteiger partial charge in [-0.25, -0.2) is 0 Å². The van der Waals surface area contributed by atoms with Crippen molar-refractivity contribution in [2.24, 2.45) is 0 Å². The Balaban J connectivity index is 1.26. The Morgan fingerprint density at radius 3 is 2.32 bits per heavy atom. The molecule has 0 saturated heterocycles. The van der Waals surface area contributed by atoms with Gasteiger partial charge in [0.25, 0.3) is 0 Å². The van der Waals surface area contributed by atoms with E-state index in [4.69, 9.17) is 4.42 Å². The fraction of sp³-hybridized carbons (Fsp3) is 0.0286. The maximum absolute atomic E-state index is 6.46. The Bertz CT molecular complexity index is 2230. The van der Waals surface area contributed by atoms with Crippen molar-refractivity contribution < 1.29 is 4.42 Å². The van der Waals surface area contributed by atoms with Crippen LogP contribution in [0.1, 0.15) is 11.1 Å². The van der Waals surface area contributed by atoms with Crippen LogP contribution in [0.4, 0.5) is 0 Å². The van der Waals surface area contributed by atoms with Crippen LogP contribution in [0.5, 0.6) is 0 Å². The third-order valence-corrected chi connectivity index (χ3v) is 9.21. The molecule has 8 aromatic rings. The van der Waals surface area contributed by atoms with Crippen LogP contribution < -0.4 is 0 Å². The summed E-state index contributed by atoms with van der Waals surface area (Å²) in [6.07, 6.45) is 1.02. The number of benzene rings is 6. The third-order valence-electron chi connectivity index (χ3n) is 8.09. The molecule has 0 amide bonds. The number of hydrogen-bond acceptors (Lipinski definition) is 2. The summed E-state index contributed by atoms with van der Waals surface area (Å²) in [5, 5.41) is 7.41. The summed E-state index contributed by atoms with van der Waals surface area (Å²) in [6, 6.07) is 40.0. The van der Waals surface area contributed by atoms with Crippen LogP contribution in [0.25, 0.3) is 75.1 Å². The van der Waals surface area contributed by atoms with Crippen LogP contribution in [0, 0.1) is 0 Å². The lowest BCUT2D eigenvalue weighted by Crippen LogP contribution is -1.83. The molecule has 172 valence electrons. The highest BCUT2D eigenvalue weighted by atomic mass is 32.1. The molecule has 1 aliphatic carbocycles. The highest BCUT2D eigenvalue weighted by Crippen LogP contribution is 2.45. The largest absolute Gasteiger partial charge is 0.455 e. The minimum atomic E-state index is 0.947. The number of furan rings is 1. The van der Waals surface area contributed by atoms with Crippen molar-refractivity contribution in [3.63, 3.8) is 0 Å². The Morgan fingerprint density at radius 2 is 1.32 bits per heavy atom. The first-order valence-electron chi connectivity index (χ1n) is 12.7. The van der Waals surface area contributed by atoms with Gasteiger partial charge in [0.1, 0.15) is 11.2 Å². The average molecular weight is 489 g/mol. The SMILES string of the molecule is c1ccc2c(c1)Cc1cc(-c3ccc4c(c3)sc3ccc5ccc6c7ccccc7oc6c5c34)ccc1-2. The molecule has 2 heterocycles. The first-order chi connectivity index (χ1) is 18.3. The summed E-state index contributed by atoms with van der Waals surface area (Å²) in [5.74, 6) is 0. The quantitative estimate of drug-likeness (QED) is 0.224. The summed E-state index contributed by atoms with van der Waals surface area (Å²) in [5.41, 5.74) is 10.1. The summed E-state index contributed by atoms with van der Waals surface area (Å²) in [4.78, 5) is 0. The van der Waals surface area contributed by atoms with Crippen molar-refractivity contribution in [1.29, 1.82) is 0 Å². The summed E-state index contributed by atoms with van der Waals surface area (Å²) in [7, 11) is 0. The lowest BCUT2D eigenvalue weighted by Gasteiger charge is -2.07. The van der Waals surface area contributed by atoms with Gasteiger partial charge in [-0.2, -0.15) is 0 Å². The molecule has 0 radical (unpaired) electrons. The molecule has 37 heavy (non-hydrogen) atoms. The normalized spacial score (nSPS) is 12.8. The Hall–Kier alpha value is -4.40. The molecular formula is C35H20OS. The molecule has 0 bridgehead atoms. The molecule has 9 rings (SSSR count). The van der Waals surface area contributed by atoms with Gasteiger partial charge in [-0.05, 0) is 69.5 Å². The van der Waals surface area contributed by atoms with E-state index in [1.54, 1.807) is 0 Å². The Morgan fingerprint density at radius 1 is 0.541 bits per heavy atom. The lowest BCUT2D eigenvalue weighted by atomic mass is 9.97. The monoisotopic (exact) mass is 488 g/mol. The summed E-state index contributed by atoms with van der Waals surface area (Å²) >= 11 is 1.87. The predicted octanol–water partition coefficient (Wildman–Crippen LogP) is 10.3. The van der Waals surface area contributed by atoms with E-state index in [9.17, 15) is 0 Å². The number of fused-ring (bicyclic) bond motifs is 12. The molecule has 0 saturated carbocycles. The molecule has 0 aliphatic heterocycles. The number of rotatable bonds is 1. The number of para-hydroxylation sites is 1. The smallest absolute Gasteiger partial charge is 0.143 e. The number of hydrogen-bond donors (Lipinski definition) is 0. The Labute approximate surface area is 217 Å². The second-order valence-corrected chi connectivity index (χ2v) is 11.2. The van der Waals surface area contributed by atoms with Crippen molar-refractivity contribution in [2.45, 2.75) is 6.42 Å². The van der Waals surface area contributed by atoms with E-state index in [0.717, 1.165) is 17.6 Å². The standard InChI is InChI=1S/C35H20OS/c1-2-6-25-23(5-1)18-24-17-21(10-13-26(24)25)22-11-15-29-32(19-22)37-31-16-12-20-9-14-28-27-7-3-4-8-30(27)36-35(28)33(20)34(29)31/h1-17,19H,18H2. The molecular weight excluding hydrogens is 468 g/mol. The fourth-order valence-corrected chi connectivity index (χ4v) is 7.51. The first-order valence-corrected chi connectivity index (χ1v) is 13.5. The maximum Gasteiger partial charge on any atom is 0.143 e. The van der Waals surface area contributed by atoms with Crippen LogP contribution in [-0.4, -0.2) is 0 Å². The molecule has 6 aromatic carbocycles. The van der Waals surface area contributed by atoms with E-state index >= 15 is 0 Å². The van der Waals surface area contributed by atoms with Crippen LogP contribution in [0.3, 0.4) is 0 Å². The van der Waals surface area contributed by atoms with E-state index in [-0.39, 0.29) is 0 Å². The number of thiophene rings is 1. The average Bonchev–Trinajstić information content (AvgIpc) is 3.62. The van der Waals surface area contributed by atoms with Crippen LogP contribution in [0.15, 0.2) is 114 Å². The van der Waals surface area contributed by atoms with Crippen LogP contribution >= 0.6 is 11.3 Å². The molecule has 0 fully saturated rings. The van der Waals surface area contributed by atoms with Gasteiger partial charge in [0.2, 0.25) is 0 Å². The van der Waals surface area contributed by atoms with E-state index in [1.165, 1.54) is 75.1 Å². The zero-order chi connectivity index (χ0) is 24.1. The second kappa shape index (κ2) is 7.09. The molecule has 2 heteroatoms. The molecule has 0 atom stereocenters. The van der Waals surface area contributed by atoms with Gasteiger partial charge in [-0.1, -0.05) is 84.9 Å². The van der Waals surface area contributed by atoms with Crippen molar-refractivity contribution >= 4 is 64.2 Å². The van der Waals surface area contributed by atoms with Crippen molar-refractivity contribution in [2.75, 3.05) is 0 Å². The second-order valence-electron chi connectivity index (χ2n) is 10.1. The highest BCUT2D eigenvalue weighted by Gasteiger charge is 2.19. The van der Waals surface area contributed by atoms with E-state index in [1.807, 2.05) is 17.4 Å². The molecule has 0 N–H and O–H groups in total. The van der Waals surface area contributed by atoms with Gasteiger partial charge in [0, 0.05) is 36.3 Å². The molecule has 2 aromatic heterocycles. The summed E-state index contributed by atoms with van der Waals surface area (Å²) in [6.45, 7) is 0. The highest BCUT2D eigenvalue weighted by molar-refractivity contribution is 7.26. The maximum atomic E-state index is 6.46. The third kappa shape index (κ3) is 2.68. The zero-order valence-corrected chi connectivity index (χ0v) is 20.7. The first kappa shape index (κ1) is 19.7. The van der Waals surface area contributed by atoms with Crippen molar-refractivity contribution in [3.05, 3.63) is 120 Å². The summed E-state index contributed by atoms with van der Waals surface area (Å²) < 4.78 is 9.08. The minimum absolute atomic E-state index is 0.947. The zero-order valence-electron chi connectivity index (χ0n) is 19.9. The van der Waals surface area contributed by atoms with Crippen molar-refractivity contribution in [3.8, 4) is 22.3 Å². The van der Waals surface area contributed by atoms with Gasteiger partial charge >= 0.3 is 0 Å². The Kier molecular flexibility index (Phi) is 3.78.